The van der Waals surface area contributed by atoms with E-state index in [9.17, 15) is 14.4 Å². The van der Waals surface area contributed by atoms with E-state index in [0.717, 1.165) is 0 Å². The van der Waals surface area contributed by atoms with Crippen molar-refractivity contribution in [2.75, 3.05) is 26.7 Å². The van der Waals surface area contributed by atoms with E-state index < -0.39 is 23.9 Å². The Bertz CT molecular complexity index is 292. The lowest BCUT2D eigenvalue weighted by Crippen LogP contribution is -2.40. The average molecular weight is 246 g/mol. The third-order valence-electron chi connectivity index (χ3n) is 1.94. The second kappa shape index (κ2) is 7.61. The SMILES string of the molecule is CCOC(=O)NC(=O)CN(C)CC(C)C(=O)O. The van der Waals surface area contributed by atoms with Crippen LogP contribution in [0.3, 0.4) is 0 Å². The highest BCUT2D eigenvalue weighted by Crippen LogP contribution is 1.97. The van der Waals surface area contributed by atoms with E-state index >= 15 is 0 Å². The summed E-state index contributed by atoms with van der Waals surface area (Å²) in [6.45, 7) is 3.53. The number of hydrogen-bond acceptors (Lipinski definition) is 5. The van der Waals surface area contributed by atoms with Crippen LogP contribution in [-0.2, 0) is 14.3 Å². The lowest BCUT2D eigenvalue weighted by atomic mass is 10.2. The van der Waals surface area contributed by atoms with Gasteiger partial charge in [0.05, 0.1) is 19.1 Å². The van der Waals surface area contributed by atoms with Crippen molar-refractivity contribution in [2.24, 2.45) is 5.92 Å². The highest BCUT2D eigenvalue weighted by molar-refractivity contribution is 5.92. The zero-order valence-electron chi connectivity index (χ0n) is 10.2. The van der Waals surface area contributed by atoms with E-state index in [2.05, 4.69) is 4.74 Å². The second-order valence-electron chi connectivity index (χ2n) is 3.70. The summed E-state index contributed by atoms with van der Waals surface area (Å²) in [6.07, 6.45) is -0.794. The van der Waals surface area contributed by atoms with E-state index in [1.165, 1.54) is 4.90 Å². The standard InChI is InChI=1S/C10H18N2O5/c1-4-17-10(16)11-8(13)6-12(3)5-7(2)9(14)15/h7H,4-6H2,1-3H3,(H,14,15)(H,11,13,16). The van der Waals surface area contributed by atoms with E-state index in [1.54, 1.807) is 20.9 Å². The summed E-state index contributed by atoms with van der Waals surface area (Å²) in [5, 5.41) is 10.7. The number of ether oxygens (including phenoxy) is 1. The highest BCUT2D eigenvalue weighted by Gasteiger charge is 2.16. The van der Waals surface area contributed by atoms with Crippen LogP contribution in [0, 0.1) is 5.92 Å². The molecule has 17 heavy (non-hydrogen) atoms. The maximum absolute atomic E-state index is 11.3. The van der Waals surface area contributed by atoms with Gasteiger partial charge in [-0.25, -0.2) is 4.79 Å². The number of rotatable bonds is 6. The molecular formula is C10H18N2O5. The fourth-order valence-corrected chi connectivity index (χ4v) is 1.18. The largest absolute Gasteiger partial charge is 0.481 e. The van der Waals surface area contributed by atoms with Gasteiger partial charge in [0.1, 0.15) is 0 Å². The number of hydrogen-bond donors (Lipinski definition) is 2. The number of amides is 2. The minimum atomic E-state index is -0.928. The summed E-state index contributed by atoms with van der Waals surface area (Å²) in [4.78, 5) is 34.3. The van der Waals surface area contributed by atoms with Gasteiger partial charge in [-0.05, 0) is 14.0 Å². The van der Waals surface area contributed by atoms with Gasteiger partial charge >= 0.3 is 12.1 Å². The molecule has 0 aromatic rings. The monoisotopic (exact) mass is 246 g/mol. The first-order valence-electron chi connectivity index (χ1n) is 5.24. The molecule has 98 valence electrons. The maximum Gasteiger partial charge on any atom is 0.413 e. The van der Waals surface area contributed by atoms with Crippen molar-refractivity contribution < 1.29 is 24.2 Å². The number of likely N-dealkylation sites (N-methyl/N-ethyl adjacent to an activating group) is 1. The molecule has 1 unspecified atom stereocenters. The fourth-order valence-electron chi connectivity index (χ4n) is 1.18. The summed E-state index contributed by atoms with van der Waals surface area (Å²) < 4.78 is 4.53. The Morgan fingerprint density at radius 2 is 2.00 bits per heavy atom. The molecule has 0 saturated carbocycles. The van der Waals surface area contributed by atoms with Crippen LogP contribution in [0.1, 0.15) is 13.8 Å². The van der Waals surface area contributed by atoms with Crippen molar-refractivity contribution in [2.45, 2.75) is 13.8 Å². The van der Waals surface area contributed by atoms with Crippen LogP contribution in [0.5, 0.6) is 0 Å². The van der Waals surface area contributed by atoms with Crippen LogP contribution in [0.4, 0.5) is 4.79 Å². The Morgan fingerprint density at radius 3 is 2.47 bits per heavy atom. The smallest absolute Gasteiger partial charge is 0.413 e. The number of imide groups is 1. The molecule has 1 atom stereocenters. The van der Waals surface area contributed by atoms with Crippen molar-refractivity contribution in [1.29, 1.82) is 0 Å². The second-order valence-corrected chi connectivity index (χ2v) is 3.70. The first-order valence-corrected chi connectivity index (χ1v) is 5.24. The normalized spacial score (nSPS) is 12.0. The van der Waals surface area contributed by atoms with E-state index in [4.69, 9.17) is 5.11 Å². The van der Waals surface area contributed by atoms with Crippen LogP contribution in [0.2, 0.25) is 0 Å². The number of carboxylic acids is 1. The summed E-state index contributed by atoms with van der Waals surface area (Å²) in [5.41, 5.74) is 0. The highest BCUT2D eigenvalue weighted by atomic mass is 16.5. The molecule has 0 saturated heterocycles. The molecule has 2 N–H and O–H groups in total. The van der Waals surface area contributed by atoms with Crippen molar-refractivity contribution >= 4 is 18.0 Å². The molecule has 0 aliphatic rings. The molecule has 0 heterocycles. The number of aliphatic carboxylic acids is 1. The summed E-state index contributed by atoms with van der Waals surface area (Å²) >= 11 is 0. The molecule has 0 bridgehead atoms. The van der Waals surface area contributed by atoms with Gasteiger partial charge in [0.2, 0.25) is 5.91 Å². The number of nitrogens with zero attached hydrogens (tertiary/aromatic N) is 1. The van der Waals surface area contributed by atoms with Crippen molar-refractivity contribution in [3.05, 3.63) is 0 Å². The minimum Gasteiger partial charge on any atom is -0.481 e. The molecule has 0 radical (unpaired) electrons. The third-order valence-corrected chi connectivity index (χ3v) is 1.94. The zero-order valence-corrected chi connectivity index (χ0v) is 10.2. The van der Waals surface area contributed by atoms with E-state index in [-0.39, 0.29) is 19.7 Å². The lowest BCUT2D eigenvalue weighted by Gasteiger charge is -2.17. The van der Waals surface area contributed by atoms with Gasteiger partial charge in [-0.3, -0.25) is 19.8 Å². The van der Waals surface area contributed by atoms with Crippen LogP contribution in [0.15, 0.2) is 0 Å². The number of nitrogens with one attached hydrogen (secondary N) is 1. The van der Waals surface area contributed by atoms with Gasteiger partial charge in [0.25, 0.3) is 0 Å². The fraction of sp³-hybridized carbons (Fsp3) is 0.700. The molecule has 7 nitrogen and oxygen atoms in total. The van der Waals surface area contributed by atoms with Crippen molar-refractivity contribution in [1.82, 2.24) is 10.2 Å². The number of carbonyl (C=O) groups is 3. The molecule has 0 aromatic heterocycles. The van der Waals surface area contributed by atoms with E-state index in [0.29, 0.717) is 0 Å². The van der Waals surface area contributed by atoms with Gasteiger partial charge in [-0.15, -0.1) is 0 Å². The predicted molar refractivity (Wildman–Crippen MR) is 59.5 cm³/mol. The number of carbonyl (C=O) groups excluding carboxylic acids is 2. The van der Waals surface area contributed by atoms with Crippen LogP contribution in [-0.4, -0.2) is 54.7 Å². The molecule has 0 rings (SSSR count). The number of alkyl carbamates (subject to hydrolysis) is 1. The summed E-state index contributed by atoms with van der Waals surface area (Å²) in [5.74, 6) is -2.03. The van der Waals surface area contributed by atoms with E-state index in [1.807, 2.05) is 5.32 Å². The Labute approximate surface area is 99.7 Å². The average Bonchev–Trinajstić information content (AvgIpc) is 2.16. The van der Waals surface area contributed by atoms with Crippen LogP contribution in [0.25, 0.3) is 0 Å². The molecule has 0 aliphatic carbocycles. The zero-order chi connectivity index (χ0) is 13.4. The molecule has 0 fully saturated rings. The molecule has 2 amide bonds. The number of carboxylic acid groups (broad SMARTS) is 1. The lowest BCUT2D eigenvalue weighted by molar-refractivity contribution is -0.142. The first kappa shape index (κ1) is 15.4. The van der Waals surface area contributed by atoms with Crippen molar-refractivity contribution in [3.8, 4) is 0 Å². The summed E-state index contributed by atoms with van der Waals surface area (Å²) in [7, 11) is 1.60. The molecular weight excluding hydrogens is 228 g/mol. The van der Waals surface area contributed by atoms with Gasteiger partial charge in [-0.1, -0.05) is 6.92 Å². The Balaban J connectivity index is 3.95. The molecule has 0 spiro atoms. The molecule has 0 aliphatic heterocycles. The van der Waals surface area contributed by atoms with Gasteiger partial charge < -0.3 is 9.84 Å². The Hall–Kier alpha value is -1.63. The van der Waals surface area contributed by atoms with Gasteiger partial charge in [0.15, 0.2) is 0 Å². The van der Waals surface area contributed by atoms with Gasteiger partial charge in [0, 0.05) is 6.54 Å². The molecule has 0 aromatic carbocycles. The third kappa shape index (κ3) is 7.29. The van der Waals surface area contributed by atoms with Crippen molar-refractivity contribution in [3.63, 3.8) is 0 Å². The van der Waals surface area contributed by atoms with Gasteiger partial charge in [-0.2, -0.15) is 0 Å². The molecule has 7 heteroatoms. The predicted octanol–water partition coefficient (Wildman–Crippen LogP) is -0.0884. The quantitative estimate of drug-likeness (QED) is 0.680. The van der Waals surface area contributed by atoms with Crippen LogP contribution >= 0.6 is 0 Å². The first-order chi connectivity index (χ1) is 7.86. The Kier molecular flexibility index (Phi) is 6.88. The summed E-state index contributed by atoms with van der Waals surface area (Å²) in [6, 6.07) is 0. The topological polar surface area (TPSA) is 95.9 Å². The van der Waals surface area contributed by atoms with Crippen LogP contribution < -0.4 is 5.32 Å². The maximum atomic E-state index is 11.3. The minimum absolute atomic E-state index is 0.0591. The Morgan fingerprint density at radius 1 is 1.41 bits per heavy atom.